The zero-order valence-corrected chi connectivity index (χ0v) is 16.4. The zero-order valence-electron chi connectivity index (χ0n) is 16.4. The van der Waals surface area contributed by atoms with Crippen LogP contribution < -0.4 is 0 Å². The molecule has 0 saturated carbocycles. The molecule has 0 aliphatic rings. The fourth-order valence-electron chi connectivity index (χ4n) is 3.49. The molecule has 0 atom stereocenters. The van der Waals surface area contributed by atoms with Crippen LogP contribution in [-0.2, 0) is 6.42 Å². The van der Waals surface area contributed by atoms with Gasteiger partial charge in [0.2, 0.25) is 0 Å². The first-order valence-corrected chi connectivity index (χ1v) is 10.9. The molecule has 1 heteroatoms. The molecule has 1 aromatic rings. The van der Waals surface area contributed by atoms with E-state index in [0.29, 0.717) is 0 Å². The summed E-state index contributed by atoms with van der Waals surface area (Å²) < 4.78 is 5.10. The van der Waals surface area contributed by atoms with Crippen LogP contribution in [0.2, 0.25) is 0 Å². The number of rotatable bonds is 18. The molecular formula is C23H42O. The van der Waals surface area contributed by atoms with Gasteiger partial charge in [-0.2, -0.15) is 0 Å². The van der Waals surface area contributed by atoms with Gasteiger partial charge >= 0.3 is 0 Å². The summed E-state index contributed by atoms with van der Waals surface area (Å²) in [6, 6.07) is 2.09. The SMILES string of the molecule is CCCCCCCCCCCCCCCCCCCc1ccoc1. The van der Waals surface area contributed by atoms with Gasteiger partial charge in [0.15, 0.2) is 0 Å². The van der Waals surface area contributed by atoms with Crippen LogP contribution in [0.4, 0.5) is 0 Å². The van der Waals surface area contributed by atoms with Crippen LogP contribution in [0.3, 0.4) is 0 Å². The molecule has 0 aromatic carbocycles. The molecule has 0 bridgehead atoms. The number of hydrogen-bond donors (Lipinski definition) is 0. The molecule has 1 heterocycles. The molecule has 0 unspecified atom stereocenters. The Labute approximate surface area is 151 Å². The summed E-state index contributed by atoms with van der Waals surface area (Å²) in [5.41, 5.74) is 1.36. The number of furan rings is 1. The third kappa shape index (κ3) is 13.7. The van der Waals surface area contributed by atoms with E-state index in [1.807, 2.05) is 6.26 Å². The lowest BCUT2D eigenvalue weighted by Gasteiger charge is -2.03. The van der Waals surface area contributed by atoms with Crippen LogP contribution in [0.1, 0.15) is 122 Å². The van der Waals surface area contributed by atoms with Crippen LogP contribution in [0, 0.1) is 0 Å². The van der Waals surface area contributed by atoms with E-state index in [1.165, 1.54) is 121 Å². The average molecular weight is 335 g/mol. The first-order valence-electron chi connectivity index (χ1n) is 10.9. The first kappa shape index (κ1) is 21.3. The van der Waals surface area contributed by atoms with Gasteiger partial charge in [0.25, 0.3) is 0 Å². The van der Waals surface area contributed by atoms with E-state index in [4.69, 9.17) is 4.42 Å². The Morgan fingerprint density at radius 2 is 1.00 bits per heavy atom. The Bertz CT molecular complexity index is 328. The summed E-state index contributed by atoms with van der Waals surface area (Å²) in [6.45, 7) is 2.29. The molecule has 0 aliphatic carbocycles. The largest absolute Gasteiger partial charge is 0.472 e. The Kier molecular flexibility index (Phi) is 15.2. The summed E-state index contributed by atoms with van der Waals surface area (Å²) in [7, 11) is 0. The van der Waals surface area contributed by atoms with Gasteiger partial charge in [-0.1, -0.05) is 110 Å². The van der Waals surface area contributed by atoms with Gasteiger partial charge in [-0.15, -0.1) is 0 Å². The summed E-state index contributed by atoms with van der Waals surface area (Å²) in [6.07, 6.45) is 29.3. The third-order valence-corrected chi connectivity index (χ3v) is 5.15. The second-order valence-electron chi connectivity index (χ2n) is 7.54. The highest BCUT2D eigenvalue weighted by Gasteiger charge is 1.96. The van der Waals surface area contributed by atoms with Gasteiger partial charge < -0.3 is 4.42 Å². The highest BCUT2D eigenvalue weighted by Crippen LogP contribution is 2.14. The van der Waals surface area contributed by atoms with E-state index in [1.54, 1.807) is 6.26 Å². The molecule has 0 fully saturated rings. The standard InChI is InChI=1S/C23H42O/c1-2-3-4-5-6-7-8-9-10-11-12-13-14-15-16-17-18-19-23-20-21-24-22-23/h20-22H,2-19H2,1H3. The zero-order chi connectivity index (χ0) is 17.1. The molecule has 0 spiro atoms. The Morgan fingerprint density at radius 1 is 0.583 bits per heavy atom. The minimum atomic E-state index is 1.19. The maximum atomic E-state index is 5.10. The van der Waals surface area contributed by atoms with Gasteiger partial charge in [-0.25, -0.2) is 0 Å². The molecule has 0 saturated heterocycles. The summed E-state index contributed by atoms with van der Waals surface area (Å²) >= 11 is 0. The van der Waals surface area contributed by atoms with Gasteiger partial charge in [0.05, 0.1) is 12.5 Å². The van der Waals surface area contributed by atoms with Crippen molar-refractivity contribution in [3.05, 3.63) is 24.2 Å². The van der Waals surface area contributed by atoms with E-state index in [-0.39, 0.29) is 0 Å². The molecule has 1 nitrogen and oxygen atoms in total. The van der Waals surface area contributed by atoms with Crippen LogP contribution in [0.15, 0.2) is 23.0 Å². The lowest BCUT2D eigenvalue weighted by Crippen LogP contribution is -1.85. The molecule has 0 amide bonds. The second-order valence-corrected chi connectivity index (χ2v) is 7.54. The fraction of sp³-hybridized carbons (Fsp3) is 0.826. The van der Waals surface area contributed by atoms with E-state index < -0.39 is 0 Å². The molecular weight excluding hydrogens is 292 g/mol. The van der Waals surface area contributed by atoms with E-state index in [2.05, 4.69) is 13.0 Å². The maximum absolute atomic E-state index is 5.10. The summed E-state index contributed by atoms with van der Waals surface area (Å²) in [5.74, 6) is 0. The monoisotopic (exact) mass is 334 g/mol. The van der Waals surface area contributed by atoms with Gasteiger partial charge in [0, 0.05) is 0 Å². The number of hydrogen-bond acceptors (Lipinski definition) is 1. The number of aryl methyl sites for hydroxylation is 1. The Morgan fingerprint density at radius 3 is 1.38 bits per heavy atom. The fourth-order valence-corrected chi connectivity index (χ4v) is 3.49. The van der Waals surface area contributed by atoms with E-state index >= 15 is 0 Å². The minimum absolute atomic E-state index is 1.19. The van der Waals surface area contributed by atoms with Crippen molar-refractivity contribution in [2.45, 2.75) is 122 Å². The third-order valence-electron chi connectivity index (χ3n) is 5.15. The second kappa shape index (κ2) is 17.1. The van der Waals surface area contributed by atoms with E-state index in [0.717, 1.165) is 0 Å². The maximum Gasteiger partial charge on any atom is 0.0934 e. The minimum Gasteiger partial charge on any atom is -0.472 e. The molecule has 0 radical (unpaired) electrons. The molecule has 0 aliphatic heterocycles. The molecule has 1 rings (SSSR count). The topological polar surface area (TPSA) is 13.1 Å². The van der Waals surface area contributed by atoms with Crippen molar-refractivity contribution in [3.8, 4) is 0 Å². The van der Waals surface area contributed by atoms with Crippen LogP contribution >= 0.6 is 0 Å². The van der Waals surface area contributed by atoms with Crippen molar-refractivity contribution < 1.29 is 4.42 Å². The lowest BCUT2D eigenvalue weighted by molar-refractivity contribution is 0.526. The predicted octanol–water partition coefficient (Wildman–Crippen LogP) is 8.47. The summed E-state index contributed by atoms with van der Waals surface area (Å²) in [5, 5.41) is 0. The highest BCUT2D eigenvalue weighted by atomic mass is 16.3. The predicted molar refractivity (Wildman–Crippen MR) is 107 cm³/mol. The van der Waals surface area contributed by atoms with Crippen LogP contribution in [0.25, 0.3) is 0 Å². The highest BCUT2D eigenvalue weighted by molar-refractivity contribution is 5.04. The lowest BCUT2D eigenvalue weighted by atomic mass is 10.0. The van der Waals surface area contributed by atoms with Crippen LogP contribution in [-0.4, -0.2) is 0 Å². The quantitative estimate of drug-likeness (QED) is 0.245. The molecule has 140 valence electrons. The van der Waals surface area contributed by atoms with Gasteiger partial charge in [0.1, 0.15) is 0 Å². The smallest absolute Gasteiger partial charge is 0.0934 e. The van der Waals surface area contributed by atoms with Crippen molar-refractivity contribution in [3.63, 3.8) is 0 Å². The Hall–Kier alpha value is -0.720. The van der Waals surface area contributed by atoms with Gasteiger partial charge in [-0.3, -0.25) is 0 Å². The average Bonchev–Trinajstić information content (AvgIpc) is 3.11. The number of unbranched alkanes of at least 4 members (excludes halogenated alkanes) is 16. The van der Waals surface area contributed by atoms with Crippen LogP contribution in [0.5, 0.6) is 0 Å². The molecule has 0 N–H and O–H groups in total. The molecule has 24 heavy (non-hydrogen) atoms. The first-order chi connectivity index (χ1) is 11.9. The van der Waals surface area contributed by atoms with Crippen molar-refractivity contribution in [2.24, 2.45) is 0 Å². The van der Waals surface area contributed by atoms with E-state index in [9.17, 15) is 0 Å². The van der Waals surface area contributed by atoms with Crippen molar-refractivity contribution in [2.75, 3.05) is 0 Å². The van der Waals surface area contributed by atoms with Crippen molar-refractivity contribution >= 4 is 0 Å². The van der Waals surface area contributed by atoms with Crippen molar-refractivity contribution in [1.29, 1.82) is 0 Å². The molecule has 1 aromatic heterocycles. The summed E-state index contributed by atoms with van der Waals surface area (Å²) in [4.78, 5) is 0. The van der Waals surface area contributed by atoms with Gasteiger partial charge in [-0.05, 0) is 24.5 Å². The van der Waals surface area contributed by atoms with Crippen molar-refractivity contribution in [1.82, 2.24) is 0 Å². The Balaban J connectivity index is 1.66. The normalized spacial score (nSPS) is 11.2.